The normalized spacial score (nSPS) is 11.3. The first kappa shape index (κ1) is 13.9. The lowest BCUT2D eigenvalue weighted by Crippen LogP contribution is -2.14. The van der Waals surface area contributed by atoms with Crippen molar-refractivity contribution in [2.45, 2.75) is 32.8 Å². The van der Waals surface area contributed by atoms with Crippen molar-refractivity contribution in [2.75, 3.05) is 13.7 Å². The molecule has 0 saturated heterocycles. The van der Waals surface area contributed by atoms with E-state index in [4.69, 9.17) is 14.9 Å². The SMILES string of the molecule is CCC(CC(=O)O)OC.CCO. The molecule has 12 heavy (non-hydrogen) atoms. The van der Waals surface area contributed by atoms with Crippen LogP contribution < -0.4 is 0 Å². The Bertz CT molecular complexity index is 99.2. The number of carboxylic acids is 1. The van der Waals surface area contributed by atoms with Gasteiger partial charge in [-0.1, -0.05) is 6.92 Å². The minimum absolute atomic E-state index is 0.104. The van der Waals surface area contributed by atoms with E-state index >= 15 is 0 Å². The number of hydrogen-bond donors (Lipinski definition) is 2. The van der Waals surface area contributed by atoms with E-state index in [2.05, 4.69) is 0 Å². The number of hydrogen-bond acceptors (Lipinski definition) is 3. The summed E-state index contributed by atoms with van der Waals surface area (Å²) >= 11 is 0. The van der Waals surface area contributed by atoms with Crippen molar-refractivity contribution in [3.8, 4) is 0 Å². The van der Waals surface area contributed by atoms with Gasteiger partial charge < -0.3 is 14.9 Å². The van der Waals surface area contributed by atoms with E-state index in [1.165, 1.54) is 7.11 Å². The van der Waals surface area contributed by atoms with E-state index < -0.39 is 5.97 Å². The molecule has 0 fully saturated rings. The first-order valence-electron chi connectivity index (χ1n) is 3.97. The van der Waals surface area contributed by atoms with Crippen LogP contribution in [0.25, 0.3) is 0 Å². The number of carboxylic acid groups (broad SMARTS) is 1. The molecule has 0 aromatic heterocycles. The third-order valence-corrected chi connectivity index (χ3v) is 1.19. The molecule has 4 heteroatoms. The fourth-order valence-corrected chi connectivity index (χ4v) is 0.589. The van der Waals surface area contributed by atoms with Crippen molar-refractivity contribution in [1.29, 1.82) is 0 Å². The highest BCUT2D eigenvalue weighted by Gasteiger charge is 2.07. The summed E-state index contributed by atoms with van der Waals surface area (Å²) in [4.78, 5) is 10.0. The summed E-state index contributed by atoms with van der Waals surface area (Å²) in [6, 6.07) is 0. The van der Waals surface area contributed by atoms with Crippen molar-refractivity contribution in [2.24, 2.45) is 0 Å². The maximum Gasteiger partial charge on any atom is 0.305 e. The molecule has 0 aromatic rings. The first-order valence-corrected chi connectivity index (χ1v) is 3.97. The van der Waals surface area contributed by atoms with Crippen LogP contribution in [0.1, 0.15) is 26.7 Å². The third-order valence-electron chi connectivity index (χ3n) is 1.19. The summed E-state index contributed by atoms with van der Waals surface area (Å²) in [6.07, 6.45) is 0.734. The Morgan fingerprint density at radius 2 is 1.92 bits per heavy atom. The van der Waals surface area contributed by atoms with E-state index in [-0.39, 0.29) is 19.1 Å². The number of aliphatic carboxylic acids is 1. The van der Waals surface area contributed by atoms with Crippen LogP contribution in [0, 0.1) is 0 Å². The van der Waals surface area contributed by atoms with Crippen LogP contribution >= 0.6 is 0 Å². The van der Waals surface area contributed by atoms with Crippen LogP contribution in [0.15, 0.2) is 0 Å². The molecule has 74 valence electrons. The molecule has 0 aliphatic rings. The molecule has 0 amide bonds. The number of aliphatic hydroxyl groups excluding tert-OH is 1. The Labute approximate surface area is 73.2 Å². The van der Waals surface area contributed by atoms with E-state index in [9.17, 15) is 4.79 Å². The molecule has 0 heterocycles. The van der Waals surface area contributed by atoms with Gasteiger partial charge in [0.05, 0.1) is 12.5 Å². The molecule has 0 bridgehead atoms. The minimum Gasteiger partial charge on any atom is -0.481 e. The van der Waals surface area contributed by atoms with Crippen LogP contribution in [0.2, 0.25) is 0 Å². The Balaban J connectivity index is 0. The Morgan fingerprint density at radius 1 is 1.50 bits per heavy atom. The second-order valence-electron chi connectivity index (χ2n) is 2.18. The fourth-order valence-electron chi connectivity index (χ4n) is 0.589. The molecule has 0 rings (SSSR count). The number of rotatable bonds is 4. The lowest BCUT2D eigenvalue weighted by molar-refractivity contribution is -0.139. The second kappa shape index (κ2) is 10.4. The standard InChI is InChI=1S/C6H12O3.C2H6O/c1-3-5(9-2)4-6(7)8;1-2-3/h5H,3-4H2,1-2H3,(H,7,8);3H,2H2,1H3. The predicted octanol–water partition coefficient (Wildman–Crippen LogP) is 0.885. The highest BCUT2D eigenvalue weighted by atomic mass is 16.5. The zero-order chi connectivity index (χ0) is 9.98. The summed E-state index contributed by atoms with van der Waals surface area (Å²) in [6.45, 7) is 3.83. The zero-order valence-electron chi connectivity index (χ0n) is 7.91. The van der Waals surface area contributed by atoms with Gasteiger partial charge in [-0.3, -0.25) is 4.79 Å². The van der Waals surface area contributed by atoms with Gasteiger partial charge in [0.2, 0.25) is 0 Å². The van der Waals surface area contributed by atoms with Crippen molar-refractivity contribution in [1.82, 2.24) is 0 Å². The van der Waals surface area contributed by atoms with Gasteiger partial charge in [0.25, 0.3) is 0 Å². The lowest BCUT2D eigenvalue weighted by Gasteiger charge is -2.07. The fraction of sp³-hybridized carbons (Fsp3) is 0.875. The van der Waals surface area contributed by atoms with Crippen LogP contribution in [-0.4, -0.2) is 36.0 Å². The summed E-state index contributed by atoms with van der Waals surface area (Å²) in [7, 11) is 1.52. The quantitative estimate of drug-likeness (QED) is 0.670. The number of methoxy groups -OCH3 is 1. The molecule has 0 aliphatic heterocycles. The molecule has 0 spiro atoms. The molecule has 1 unspecified atom stereocenters. The highest BCUT2D eigenvalue weighted by molar-refractivity contribution is 5.67. The molecule has 2 N–H and O–H groups in total. The Kier molecular flexibility index (Phi) is 12.1. The minimum atomic E-state index is -0.802. The van der Waals surface area contributed by atoms with E-state index in [0.717, 1.165) is 6.42 Å². The van der Waals surface area contributed by atoms with Crippen molar-refractivity contribution >= 4 is 5.97 Å². The lowest BCUT2D eigenvalue weighted by atomic mass is 10.2. The van der Waals surface area contributed by atoms with Crippen LogP contribution in [0.3, 0.4) is 0 Å². The van der Waals surface area contributed by atoms with Gasteiger partial charge in [0.1, 0.15) is 0 Å². The van der Waals surface area contributed by atoms with Gasteiger partial charge in [-0.15, -0.1) is 0 Å². The van der Waals surface area contributed by atoms with E-state index in [1.807, 2.05) is 6.92 Å². The van der Waals surface area contributed by atoms with Gasteiger partial charge in [0, 0.05) is 13.7 Å². The van der Waals surface area contributed by atoms with Crippen LogP contribution in [0.4, 0.5) is 0 Å². The summed E-state index contributed by atoms with van der Waals surface area (Å²) in [5.41, 5.74) is 0. The number of ether oxygens (including phenoxy) is 1. The summed E-state index contributed by atoms with van der Waals surface area (Å²) in [5.74, 6) is -0.802. The summed E-state index contributed by atoms with van der Waals surface area (Å²) in [5, 5.41) is 15.8. The monoisotopic (exact) mass is 178 g/mol. The van der Waals surface area contributed by atoms with E-state index in [0.29, 0.717) is 0 Å². The van der Waals surface area contributed by atoms with Crippen LogP contribution in [0.5, 0.6) is 0 Å². The average Bonchev–Trinajstić information content (AvgIpc) is 2.01. The summed E-state index contributed by atoms with van der Waals surface area (Å²) < 4.78 is 4.83. The molecule has 0 saturated carbocycles. The second-order valence-corrected chi connectivity index (χ2v) is 2.18. The predicted molar refractivity (Wildman–Crippen MR) is 46.1 cm³/mol. The van der Waals surface area contributed by atoms with Crippen LogP contribution in [-0.2, 0) is 9.53 Å². The molecular weight excluding hydrogens is 160 g/mol. The van der Waals surface area contributed by atoms with Crippen molar-refractivity contribution in [3.63, 3.8) is 0 Å². The van der Waals surface area contributed by atoms with Gasteiger partial charge in [-0.25, -0.2) is 0 Å². The molecule has 1 atom stereocenters. The van der Waals surface area contributed by atoms with Crippen molar-refractivity contribution < 1.29 is 19.7 Å². The smallest absolute Gasteiger partial charge is 0.305 e. The Morgan fingerprint density at radius 3 is 2.00 bits per heavy atom. The zero-order valence-corrected chi connectivity index (χ0v) is 7.91. The van der Waals surface area contributed by atoms with Gasteiger partial charge in [-0.2, -0.15) is 0 Å². The molecule has 0 aromatic carbocycles. The molecule has 0 aliphatic carbocycles. The molecule has 0 radical (unpaired) electrons. The molecular formula is C8H18O4. The largest absolute Gasteiger partial charge is 0.481 e. The maximum absolute atomic E-state index is 10.0. The third kappa shape index (κ3) is 12.1. The number of aliphatic hydroxyl groups is 1. The topological polar surface area (TPSA) is 66.8 Å². The Hall–Kier alpha value is -0.610. The number of carbonyl (C=O) groups is 1. The average molecular weight is 178 g/mol. The highest BCUT2D eigenvalue weighted by Crippen LogP contribution is 2.00. The van der Waals surface area contributed by atoms with Gasteiger partial charge >= 0.3 is 5.97 Å². The maximum atomic E-state index is 10.0. The van der Waals surface area contributed by atoms with Gasteiger partial charge in [-0.05, 0) is 13.3 Å². The molecule has 4 nitrogen and oxygen atoms in total. The van der Waals surface area contributed by atoms with Gasteiger partial charge in [0.15, 0.2) is 0 Å². The first-order chi connectivity index (χ1) is 5.62. The van der Waals surface area contributed by atoms with Crippen molar-refractivity contribution in [3.05, 3.63) is 0 Å². The van der Waals surface area contributed by atoms with E-state index in [1.54, 1.807) is 6.92 Å².